The van der Waals surface area contributed by atoms with Gasteiger partial charge in [0.15, 0.2) is 0 Å². The quantitative estimate of drug-likeness (QED) is 0.545. The second kappa shape index (κ2) is 3.02. The molecule has 0 saturated heterocycles. The molecule has 0 aromatic heterocycles. The highest BCUT2D eigenvalue weighted by molar-refractivity contribution is 5.78. The lowest BCUT2D eigenvalue weighted by Crippen LogP contribution is -1.78. The van der Waals surface area contributed by atoms with Gasteiger partial charge in [0.25, 0.3) is 0 Å². The van der Waals surface area contributed by atoms with E-state index in [4.69, 9.17) is 0 Å². The van der Waals surface area contributed by atoms with Gasteiger partial charge in [-0.3, -0.25) is 0 Å². The van der Waals surface area contributed by atoms with Crippen molar-refractivity contribution in [2.24, 2.45) is 5.18 Å². The molecule has 1 aliphatic carbocycles. The zero-order chi connectivity index (χ0) is 10.3. The van der Waals surface area contributed by atoms with Crippen LogP contribution in [0.15, 0.2) is 47.6 Å². The van der Waals surface area contributed by atoms with Gasteiger partial charge in [-0.2, -0.15) is 0 Å². The van der Waals surface area contributed by atoms with Gasteiger partial charge in [0.1, 0.15) is 5.69 Å². The molecule has 15 heavy (non-hydrogen) atoms. The first-order valence-corrected chi connectivity index (χ1v) is 4.93. The molecule has 2 aromatic carbocycles. The summed E-state index contributed by atoms with van der Waals surface area (Å²) in [5.41, 5.74) is 5.56. The van der Waals surface area contributed by atoms with Crippen molar-refractivity contribution in [1.82, 2.24) is 0 Å². The Labute approximate surface area is 87.5 Å². The Kier molecular flexibility index (Phi) is 1.68. The first kappa shape index (κ1) is 8.36. The van der Waals surface area contributed by atoms with Crippen molar-refractivity contribution in [3.8, 4) is 11.1 Å². The SMILES string of the molecule is O=Nc1ccc2c(c1)Cc1ccccc1-2. The van der Waals surface area contributed by atoms with E-state index in [1.165, 1.54) is 22.3 Å². The van der Waals surface area contributed by atoms with E-state index in [-0.39, 0.29) is 0 Å². The maximum Gasteiger partial charge on any atom is 0.108 e. The molecule has 0 fully saturated rings. The van der Waals surface area contributed by atoms with Gasteiger partial charge in [-0.25, -0.2) is 0 Å². The summed E-state index contributed by atoms with van der Waals surface area (Å²) in [5, 5.41) is 2.96. The van der Waals surface area contributed by atoms with Crippen LogP contribution < -0.4 is 0 Å². The summed E-state index contributed by atoms with van der Waals surface area (Å²) in [5.74, 6) is 0. The predicted molar refractivity (Wildman–Crippen MR) is 60.1 cm³/mol. The summed E-state index contributed by atoms with van der Waals surface area (Å²) in [7, 11) is 0. The Bertz CT molecular complexity index is 546. The van der Waals surface area contributed by atoms with Gasteiger partial charge in [0.05, 0.1) is 0 Å². The Morgan fingerprint density at radius 3 is 2.60 bits per heavy atom. The highest BCUT2D eigenvalue weighted by atomic mass is 16.3. The van der Waals surface area contributed by atoms with E-state index in [2.05, 4.69) is 17.3 Å². The van der Waals surface area contributed by atoms with Gasteiger partial charge in [0.2, 0.25) is 0 Å². The summed E-state index contributed by atoms with van der Waals surface area (Å²) in [4.78, 5) is 10.4. The largest absolute Gasteiger partial charge is 0.145 e. The van der Waals surface area contributed by atoms with Crippen molar-refractivity contribution < 1.29 is 0 Å². The standard InChI is InChI=1S/C13H9NO/c15-14-11-5-6-13-10(8-11)7-9-3-1-2-4-12(9)13/h1-6,8H,7H2. The molecule has 0 atom stereocenters. The second-order valence-electron chi connectivity index (χ2n) is 3.77. The van der Waals surface area contributed by atoms with Crippen molar-refractivity contribution in [2.75, 3.05) is 0 Å². The van der Waals surface area contributed by atoms with Crippen LogP contribution >= 0.6 is 0 Å². The molecule has 3 rings (SSSR count). The molecule has 0 amide bonds. The molecule has 2 aromatic rings. The zero-order valence-corrected chi connectivity index (χ0v) is 8.10. The zero-order valence-electron chi connectivity index (χ0n) is 8.10. The summed E-state index contributed by atoms with van der Waals surface area (Å²) >= 11 is 0. The maximum absolute atomic E-state index is 10.4. The summed E-state index contributed by atoms with van der Waals surface area (Å²) < 4.78 is 0. The van der Waals surface area contributed by atoms with Crippen molar-refractivity contribution in [2.45, 2.75) is 6.42 Å². The van der Waals surface area contributed by atoms with Crippen LogP contribution in [0.1, 0.15) is 11.1 Å². The number of nitroso groups, excluding NO2 is 1. The Balaban J connectivity index is 2.22. The molecule has 72 valence electrons. The van der Waals surface area contributed by atoms with E-state index in [0.29, 0.717) is 5.69 Å². The van der Waals surface area contributed by atoms with Crippen molar-refractivity contribution in [1.29, 1.82) is 0 Å². The first-order valence-electron chi connectivity index (χ1n) is 4.93. The van der Waals surface area contributed by atoms with E-state index in [1.54, 1.807) is 6.07 Å². The molecular formula is C13H9NO. The lowest BCUT2D eigenvalue weighted by Gasteiger charge is -1.99. The van der Waals surface area contributed by atoms with Gasteiger partial charge in [-0.15, -0.1) is 4.91 Å². The Morgan fingerprint density at radius 1 is 0.933 bits per heavy atom. The van der Waals surface area contributed by atoms with Crippen molar-refractivity contribution >= 4 is 5.69 Å². The van der Waals surface area contributed by atoms with Crippen LogP contribution in [0, 0.1) is 4.91 Å². The Hall–Kier alpha value is -1.96. The van der Waals surface area contributed by atoms with Crippen LogP contribution in [0.5, 0.6) is 0 Å². The monoisotopic (exact) mass is 195 g/mol. The highest BCUT2D eigenvalue weighted by Gasteiger charge is 2.17. The lowest BCUT2D eigenvalue weighted by molar-refractivity contribution is 1.26. The fraction of sp³-hybridized carbons (Fsp3) is 0.0769. The third kappa shape index (κ3) is 1.18. The molecular weight excluding hydrogens is 186 g/mol. The molecule has 0 N–H and O–H groups in total. The van der Waals surface area contributed by atoms with E-state index in [9.17, 15) is 4.91 Å². The van der Waals surface area contributed by atoms with Crippen LogP contribution in [-0.2, 0) is 6.42 Å². The number of hydrogen-bond donors (Lipinski definition) is 0. The number of nitrogens with zero attached hydrogens (tertiary/aromatic N) is 1. The molecule has 0 unspecified atom stereocenters. The smallest absolute Gasteiger partial charge is 0.108 e. The van der Waals surface area contributed by atoms with Gasteiger partial charge >= 0.3 is 0 Å². The average Bonchev–Trinajstić information content (AvgIpc) is 2.66. The molecule has 1 aliphatic rings. The van der Waals surface area contributed by atoms with Gasteiger partial charge in [0, 0.05) is 0 Å². The van der Waals surface area contributed by atoms with Crippen LogP contribution in [0.3, 0.4) is 0 Å². The minimum Gasteiger partial charge on any atom is -0.145 e. The molecule has 0 heterocycles. The average molecular weight is 195 g/mol. The minimum absolute atomic E-state index is 0.515. The maximum atomic E-state index is 10.4. The van der Waals surface area contributed by atoms with Crippen LogP contribution in [0.2, 0.25) is 0 Å². The van der Waals surface area contributed by atoms with E-state index in [0.717, 1.165) is 6.42 Å². The summed E-state index contributed by atoms with van der Waals surface area (Å²) in [6.45, 7) is 0. The third-order valence-electron chi connectivity index (χ3n) is 2.88. The minimum atomic E-state index is 0.515. The number of rotatable bonds is 1. The summed E-state index contributed by atoms with van der Waals surface area (Å²) in [6, 6.07) is 14.0. The molecule has 0 aliphatic heterocycles. The topological polar surface area (TPSA) is 29.4 Å². The molecule has 2 nitrogen and oxygen atoms in total. The van der Waals surface area contributed by atoms with Crippen molar-refractivity contribution in [3.05, 3.63) is 58.5 Å². The van der Waals surface area contributed by atoms with E-state index in [1.807, 2.05) is 24.3 Å². The number of hydrogen-bond acceptors (Lipinski definition) is 2. The fourth-order valence-corrected chi connectivity index (χ4v) is 2.19. The van der Waals surface area contributed by atoms with Gasteiger partial charge < -0.3 is 0 Å². The Morgan fingerprint density at radius 2 is 1.73 bits per heavy atom. The van der Waals surface area contributed by atoms with Crippen LogP contribution in [0.4, 0.5) is 5.69 Å². The predicted octanol–water partition coefficient (Wildman–Crippen LogP) is 3.66. The van der Waals surface area contributed by atoms with Crippen LogP contribution in [0.25, 0.3) is 11.1 Å². The fourth-order valence-electron chi connectivity index (χ4n) is 2.19. The normalized spacial score (nSPS) is 12.0. The first-order chi connectivity index (χ1) is 7.38. The second-order valence-corrected chi connectivity index (χ2v) is 3.77. The number of fused-ring (bicyclic) bond motifs is 3. The molecule has 0 radical (unpaired) electrons. The molecule has 0 saturated carbocycles. The molecule has 0 bridgehead atoms. The lowest BCUT2D eigenvalue weighted by atomic mass is 10.1. The third-order valence-corrected chi connectivity index (χ3v) is 2.88. The van der Waals surface area contributed by atoms with Crippen molar-refractivity contribution in [3.63, 3.8) is 0 Å². The van der Waals surface area contributed by atoms with Gasteiger partial charge in [-0.05, 0) is 46.0 Å². The molecule has 2 heteroatoms. The number of benzene rings is 2. The molecule has 0 spiro atoms. The van der Waals surface area contributed by atoms with E-state index < -0.39 is 0 Å². The summed E-state index contributed by atoms with van der Waals surface area (Å²) in [6.07, 6.45) is 0.912. The van der Waals surface area contributed by atoms with E-state index >= 15 is 0 Å². The van der Waals surface area contributed by atoms with Gasteiger partial charge in [-0.1, -0.05) is 30.3 Å². The van der Waals surface area contributed by atoms with Crippen LogP contribution in [-0.4, -0.2) is 0 Å². The highest BCUT2D eigenvalue weighted by Crippen LogP contribution is 2.37.